The van der Waals surface area contributed by atoms with Gasteiger partial charge in [0.25, 0.3) is 0 Å². The Hall–Kier alpha value is -0.750. The molecular formula is C8H5Cl2N. The minimum Gasteiger partial charge on any atom is -0.259 e. The van der Waals surface area contributed by atoms with E-state index >= 15 is 0 Å². The van der Waals surface area contributed by atoms with E-state index in [2.05, 4.69) is 5.87 Å². The Bertz CT molecular complexity index is 294. The van der Waals surface area contributed by atoms with Crippen LogP contribution in [0.25, 0.3) is 6.08 Å². The number of halogens is 2. The van der Waals surface area contributed by atoms with Crippen LogP contribution in [-0.2, 0) is 0 Å². The van der Waals surface area contributed by atoms with Crippen molar-refractivity contribution in [3.8, 4) is 0 Å². The van der Waals surface area contributed by atoms with Crippen molar-refractivity contribution < 1.29 is 0 Å². The lowest BCUT2D eigenvalue weighted by Gasteiger charge is -1.97. The van der Waals surface area contributed by atoms with Crippen LogP contribution >= 0.6 is 23.2 Å². The molecule has 0 saturated heterocycles. The third-order valence-electron chi connectivity index (χ3n) is 1.22. The number of hydrogen-bond donors (Lipinski definition) is 1. The Balaban J connectivity index is 3.31. The maximum atomic E-state index is 6.71. The van der Waals surface area contributed by atoms with Crippen molar-refractivity contribution >= 4 is 35.1 Å². The first-order chi connectivity index (χ1) is 5.25. The second-order valence-corrected chi connectivity index (χ2v) is 2.74. The quantitative estimate of drug-likeness (QED) is 0.651. The smallest absolute Gasteiger partial charge is 0.0500 e. The van der Waals surface area contributed by atoms with Gasteiger partial charge in [-0.25, -0.2) is 0 Å². The lowest BCUT2D eigenvalue weighted by Crippen LogP contribution is -1.76. The SMILES string of the molecule is N=C=Cc1c(Cl)cccc1Cl. The maximum absolute atomic E-state index is 6.71. The van der Waals surface area contributed by atoms with Gasteiger partial charge >= 0.3 is 0 Å². The molecule has 0 bridgehead atoms. The zero-order chi connectivity index (χ0) is 8.27. The molecule has 56 valence electrons. The molecule has 1 N–H and O–H groups in total. The first-order valence-corrected chi connectivity index (χ1v) is 3.71. The van der Waals surface area contributed by atoms with Gasteiger partial charge in [0.1, 0.15) is 0 Å². The Morgan fingerprint density at radius 1 is 1.27 bits per heavy atom. The average molecular weight is 186 g/mol. The average Bonchev–Trinajstić information content (AvgIpc) is 1.97. The van der Waals surface area contributed by atoms with Crippen LogP contribution in [0, 0.1) is 5.41 Å². The van der Waals surface area contributed by atoms with E-state index in [-0.39, 0.29) is 0 Å². The van der Waals surface area contributed by atoms with Gasteiger partial charge in [0.2, 0.25) is 0 Å². The standard InChI is InChI=1S/C8H5Cl2N/c9-7-2-1-3-8(10)6(7)4-5-11/h1-4,11H. The molecule has 1 aromatic rings. The van der Waals surface area contributed by atoms with Crippen molar-refractivity contribution in [2.75, 3.05) is 0 Å². The minimum absolute atomic E-state index is 0.539. The maximum Gasteiger partial charge on any atom is 0.0500 e. The first-order valence-electron chi connectivity index (χ1n) is 2.95. The highest BCUT2D eigenvalue weighted by Crippen LogP contribution is 2.24. The van der Waals surface area contributed by atoms with Crippen LogP contribution in [-0.4, -0.2) is 5.87 Å². The summed E-state index contributed by atoms with van der Waals surface area (Å²) in [7, 11) is 0. The summed E-state index contributed by atoms with van der Waals surface area (Å²) < 4.78 is 0. The zero-order valence-electron chi connectivity index (χ0n) is 5.57. The fourth-order valence-electron chi connectivity index (χ4n) is 0.721. The van der Waals surface area contributed by atoms with Gasteiger partial charge in [-0.2, -0.15) is 0 Å². The van der Waals surface area contributed by atoms with Gasteiger partial charge in [-0.3, -0.25) is 5.41 Å². The van der Waals surface area contributed by atoms with Crippen LogP contribution in [0.4, 0.5) is 0 Å². The molecule has 0 aromatic heterocycles. The van der Waals surface area contributed by atoms with E-state index in [0.717, 1.165) is 0 Å². The third kappa shape index (κ3) is 1.84. The number of benzene rings is 1. The highest BCUT2D eigenvalue weighted by atomic mass is 35.5. The van der Waals surface area contributed by atoms with E-state index in [1.54, 1.807) is 18.2 Å². The van der Waals surface area contributed by atoms with Gasteiger partial charge in [-0.1, -0.05) is 29.3 Å². The summed E-state index contributed by atoms with van der Waals surface area (Å²) in [5.41, 5.74) is 0.644. The molecule has 0 aliphatic carbocycles. The lowest BCUT2D eigenvalue weighted by molar-refractivity contribution is 1.59. The van der Waals surface area contributed by atoms with Crippen LogP contribution < -0.4 is 0 Å². The third-order valence-corrected chi connectivity index (χ3v) is 1.88. The van der Waals surface area contributed by atoms with E-state index < -0.39 is 0 Å². The van der Waals surface area contributed by atoms with E-state index in [0.29, 0.717) is 15.6 Å². The van der Waals surface area contributed by atoms with Crippen molar-refractivity contribution in [2.45, 2.75) is 0 Å². The van der Waals surface area contributed by atoms with Crippen molar-refractivity contribution in [1.82, 2.24) is 0 Å². The van der Waals surface area contributed by atoms with Gasteiger partial charge in [-0.15, -0.1) is 0 Å². The van der Waals surface area contributed by atoms with Crippen LogP contribution in [0.15, 0.2) is 18.2 Å². The number of rotatable bonds is 1. The fourth-order valence-corrected chi connectivity index (χ4v) is 1.23. The van der Waals surface area contributed by atoms with E-state index in [4.69, 9.17) is 28.6 Å². The van der Waals surface area contributed by atoms with E-state index in [1.165, 1.54) is 6.08 Å². The molecule has 1 aromatic carbocycles. The monoisotopic (exact) mass is 185 g/mol. The van der Waals surface area contributed by atoms with Gasteiger partial charge in [0.05, 0.1) is 0 Å². The van der Waals surface area contributed by atoms with Crippen molar-refractivity contribution in [3.05, 3.63) is 33.8 Å². The van der Waals surface area contributed by atoms with Gasteiger partial charge < -0.3 is 0 Å². The second-order valence-electron chi connectivity index (χ2n) is 1.92. The summed E-state index contributed by atoms with van der Waals surface area (Å²) in [6.07, 6.45) is 1.44. The molecule has 0 spiro atoms. The van der Waals surface area contributed by atoms with Crippen molar-refractivity contribution in [1.29, 1.82) is 5.41 Å². The summed E-state index contributed by atoms with van der Waals surface area (Å²) in [6, 6.07) is 5.19. The highest BCUT2D eigenvalue weighted by Gasteiger charge is 1.99. The Kier molecular flexibility index (Phi) is 2.72. The van der Waals surface area contributed by atoms with Gasteiger partial charge in [0, 0.05) is 21.7 Å². The Labute approximate surface area is 74.8 Å². The molecule has 0 amide bonds. The van der Waals surface area contributed by atoms with Crippen LogP contribution in [0.2, 0.25) is 10.0 Å². The Morgan fingerprint density at radius 2 is 1.82 bits per heavy atom. The molecule has 0 atom stereocenters. The lowest BCUT2D eigenvalue weighted by atomic mass is 10.2. The topological polar surface area (TPSA) is 23.9 Å². The predicted octanol–water partition coefficient (Wildman–Crippen LogP) is 3.26. The van der Waals surface area contributed by atoms with Crippen molar-refractivity contribution in [2.24, 2.45) is 0 Å². The summed E-state index contributed by atoms with van der Waals surface area (Å²) in [5.74, 6) is 2.12. The van der Waals surface area contributed by atoms with Gasteiger partial charge in [-0.05, 0) is 18.0 Å². The second kappa shape index (κ2) is 3.59. The molecule has 0 aliphatic rings. The molecule has 1 nitrogen and oxygen atoms in total. The minimum atomic E-state index is 0.539. The molecule has 0 fully saturated rings. The molecule has 11 heavy (non-hydrogen) atoms. The van der Waals surface area contributed by atoms with Crippen LogP contribution in [0.5, 0.6) is 0 Å². The van der Waals surface area contributed by atoms with E-state index in [9.17, 15) is 0 Å². The fraction of sp³-hybridized carbons (Fsp3) is 0. The normalized spacial score (nSPS) is 8.91. The number of nitrogens with one attached hydrogen (secondary N) is 1. The largest absolute Gasteiger partial charge is 0.259 e. The first kappa shape index (κ1) is 8.35. The van der Waals surface area contributed by atoms with Crippen LogP contribution in [0.3, 0.4) is 0 Å². The summed E-state index contributed by atoms with van der Waals surface area (Å²) in [5, 5.41) is 7.79. The molecule has 3 heteroatoms. The zero-order valence-corrected chi connectivity index (χ0v) is 7.08. The van der Waals surface area contributed by atoms with Crippen molar-refractivity contribution in [3.63, 3.8) is 0 Å². The molecule has 0 unspecified atom stereocenters. The molecule has 0 heterocycles. The predicted molar refractivity (Wildman–Crippen MR) is 48.7 cm³/mol. The molecule has 0 saturated carbocycles. The molecule has 0 radical (unpaired) electrons. The molecule has 0 aliphatic heterocycles. The molecule has 1 rings (SSSR count). The Morgan fingerprint density at radius 3 is 2.27 bits per heavy atom. The highest BCUT2D eigenvalue weighted by molar-refractivity contribution is 6.37. The number of hydrogen-bond acceptors (Lipinski definition) is 1. The van der Waals surface area contributed by atoms with Gasteiger partial charge in [0.15, 0.2) is 0 Å². The van der Waals surface area contributed by atoms with E-state index in [1.807, 2.05) is 0 Å². The van der Waals surface area contributed by atoms with Crippen LogP contribution in [0.1, 0.15) is 5.56 Å². The molecular weight excluding hydrogens is 181 g/mol. The summed E-state index contributed by atoms with van der Waals surface area (Å²) >= 11 is 11.5. The summed E-state index contributed by atoms with van der Waals surface area (Å²) in [4.78, 5) is 0. The summed E-state index contributed by atoms with van der Waals surface area (Å²) in [6.45, 7) is 0.